The van der Waals surface area contributed by atoms with Crippen LogP contribution in [0.5, 0.6) is 0 Å². The molecule has 17 N–H and O–H groups in total. The maximum absolute atomic E-state index is 16.1. The molecule has 141 heavy (non-hydrogen) atoms. The number of imidazole rings is 1. The van der Waals surface area contributed by atoms with Crippen molar-refractivity contribution in [2.45, 2.75) is 161 Å². The summed E-state index contributed by atoms with van der Waals surface area (Å²) >= 11 is 0. The van der Waals surface area contributed by atoms with E-state index in [2.05, 4.69) is 31.2 Å². The second-order valence-electron chi connectivity index (χ2n) is 35.3. The smallest absolute Gasteiger partial charge is 0.243 e. The molecule has 14 amide bonds. The largest absolute Gasteiger partial charge is 0.368 e. The summed E-state index contributed by atoms with van der Waals surface area (Å²) in [5.74, 6) is -9.43. The van der Waals surface area contributed by atoms with Gasteiger partial charge in [0.15, 0.2) is 0 Å². The average molecular weight is 1940 g/mol. The van der Waals surface area contributed by atoms with Gasteiger partial charge in [-0.2, -0.15) is 0 Å². The molecule has 758 valence electrons. The van der Waals surface area contributed by atoms with E-state index in [1.807, 2.05) is 73.7 Å². The number of carbonyl (C=O) groups excluding carboxylic acids is 14. The Labute approximate surface area is 827 Å². The Bertz CT molecular complexity index is 5240. The van der Waals surface area contributed by atoms with Crippen molar-refractivity contribution >= 4 is 82.7 Å². The van der Waals surface area contributed by atoms with E-state index >= 15 is 43.2 Å². The van der Waals surface area contributed by atoms with Gasteiger partial charge in [-0.25, -0.2) is 4.98 Å². The Balaban J connectivity index is 1.07. The Morgan fingerprint density at radius 1 is 0.319 bits per heavy atom. The van der Waals surface area contributed by atoms with Gasteiger partial charge in [-0.3, -0.25) is 67.1 Å². The molecule has 36 nitrogen and oxygen atoms in total. The molecule has 0 fully saturated rings. The summed E-state index contributed by atoms with van der Waals surface area (Å²) < 4.78 is 0. The van der Waals surface area contributed by atoms with Crippen LogP contribution in [0.15, 0.2) is 225 Å². The van der Waals surface area contributed by atoms with Crippen LogP contribution in [0.25, 0.3) is 0 Å². The monoisotopic (exact) mass is 1940 g/mol. The highest BCUT2D eigenvalue weighted by Crippen LogP contribution is 2.31. The van der Waals surface area contributed by atoms with E-state index in [0.29, 0.717) is 90.7 Å². The molecule has 0 bridgehead atoms. The first kappa shape index (κ1) is 112. The molecular formula is C105H144N22O14. The van der Waals surface area contributed by atoms with Crippen LogP contribution < -0.4 is 55.7 Å². The van der Waals surface area contributed by atoms with E-state index in [9.17, 15) is 24.0 Å². The van der Waals surface area contributed by atoms with Gasteiger partial charge in [0.2, 0.25) is 82.7 Å². The predicted octanol–water partition coefficient (Wildman–Crippen LogP) is 5.64. The van der Waals surface area contributed by atoms with Gasteiger partial charge in [-0.15, -0.1) is 0 Å². The number of hydrogen-bond donors (Lipinski definition) is 11. The molecule has 0 unspecified atom stereocenters. The number of carbonyl (C=O) groups is 14. The zero-order valence-corrected chi connectivity index (χ0v) is 82.4. The lowest BCUT2D eigenvalue weighted by atomic mass is 10.0. The number of nitrogens with zero attached hydrogens (tertiary/aromatic N) is 11. The van der Waals surface area contributed by atoms with Crippen LogP contribution in [0.4, 0.5) is 0 Å². The molecule has 0 saturated heterocycles. The topological polar surface area (TPSA) is 504 Å². The number of primary amides is 1. The number of rotatable bonds is 61. The van der Waals surface area contributed by atoms with Crippen LogP contribution in [-0.4, -0.2) is 291 Å². The summed E-state index contributed by atoms with van der Waals surface area (Å²) in [5, 5.41) is 10.7. The van der Waals surface area contributed by atoms with Gasteiger partial charge in [0, 0.05) is 38.8 Å². The second kappa shape index (κ2) is 59.5. The summed E-state index contributed by atoms with van der Waals surface area (Å²) in [4.78, 5) is 229. The standard InChI is InChI=1S/C105H144N22O14/c1-75(82-37-15-8-16-38-82)121(64-93(129)114-61-90(110)105(141)115-62-92(128)117-91(104(111)140)59-89-60-113-74-116-89)98(134)65-118(56-34-30-52-107)95(131)69-124(78(4)85-43-21-11-22-44-85)102(138)72-126(80(6)87-47-25-13-26-48-87)100(136)67-120(58-36-32-54-109)97(133)70-125(79(5)86-45-23-12-24-46-86)103(139)73-127(81(7)88-49-27-14-28-50-88)99(135)66-119(57-35-31-53-108)96(132)68-123(77(3)84-41-19-10-20-42-84)101(137)71-122(76(2)83-39-17-9-18-40-83)94(130)63-112-55-33-29-51-106/h8-28,37-50,60,74-81,90-91,112H,29-36,51-59,61-73,106-110H2,1-7H3,(H2,111,140)(H,113,116)(H,114,129)(H,115,141)(H,117,128)/t75-,76-,77-,78-,79-,80-,81-,90-,91-/m0/s1. The van der Waals surface area contributed by atoms with Crippen LogP contribution in [0.2, 0.25) is 0 Å². The Kier molecular flexibility index (Phi) is 47.4. The summed E-state index contributed by atoms with van der Waals surface area (Å²) in [5.41, 5.74) is 40.8. The first-order valence-electron chi connectivity index (χ1n) is 48.5. The maximum atomic E-state index is 16.1. The number of nitrogens with one attached hydrogen (secondary N) is 5. The number of benzene rings is 7. The highest BCUT2D eigenvalue weighted by atomic mass is 16.2. The van der Waals surface area contributed by atoms with Gasteiger partial charge in [-0.05, 0) is 172 Å². The van der Waals surface area contributed by atoms with Crippen LogP contribution >= 0.6 is 0 Å². The SMILES string of the molecule is C[C@@H](c1ccccc1)N(CC(=O)NC[C@H](N)C(=O)NCC(=O)N[C@@H](Cc1c[nH]cn1)C(N)=O)C(=O)CN(CCCCN)C(=O)CN(C(=O)CN(C(=O)CN(CCCCN)C(=O)CN(C(=O)CN(C(=O)CN(CCCCN)C(=O)CN(C(=O)CN(C(=O)CNCCCCN)[C@@H](C)c1ccccc1)[C@@H](C)c1ccccc1)[C@@H](C)c1ccccc1)[C@@H](C)c1ccccc1)[C@@H](C)c1ccccc1)[C@@H](C)c1ccccc1. The molecule has 0 radical (unpaired) electrons. The van der Waals surface area contributed by atoms with Crippen molar-refractivity contribution in [1.29, 1.82) is 0 Å². The summed E-state index contributed by atoms with van der Waals surface area (Å²) in [6.45, 7) is 6.88. The molecule has 0 spiro atoms. The number of hydrogen-bond acceptors (Lipinski definition) is 21. The van der Waals surface area contributed by atoms with Crippen molar-refractivity contribution in [2.24, 2.45) is 34.4 Å². The van der Waals surface area contributed by atoms with Crippen LogP contribution in [0.3, 0.4) is 0 Å². The third-order valence-corrected chi connectivity index (χ3v) is 25.3. The number of aromatic amines is 1. The Morgan fingerprint density at radius 3 is 0.865 bits per heavy atom. The van der Waals surface area contributed by atoms with Gasteiger partial charge in [0.05, 0.1) is 87.0 Å². The zero-order valence-electron chi connectivity index (χ0n) is 82.4. The van der Waals surface area contributed by atoms with E-state index < -0.39 is 210 Å². The normalized spacial score (nSPS) is 13.0. The van der Waals surface area contributed by atoms with Crippen molar-refractivity contribution in [3.63, 3.8) is 0 Å². The van der Waals surface area contributed by atoms with Gasteiger partial charge in [0.25, 0.3) is 0 Å². The van der Waals surface area contributed by atoms with Crippen LogP contribution in [0, 0.1) is 0 Å². The van der Waals surface area contributed by atoms with E-state index in [4.69, 9.17) is 34.4 Å². The van der Waals surface area contributed by atoms with Gasteiger partial charge >= 0.3 is 0 Å². The molecule has 0 aliphatic heterocycles. The molecule has 9 atom stereocenters. The van der Waals surface area contributed by atoms with E-state index in [0.717, 1.165) is 18.4 Å². The lowest BCUT2D eigenvalue weighted by Gasteiger charge is -2.38. The third kappa shape index (κ3) is 35.7. The lowest BCUT2D eigenvalue weighted by molar-refractivity contribution is -0.152. The van der Waals surface area contributed by atoms with E-state index in [1.165, 1.54) is 61.5 Å². The van der Waals surface area contributed by atoms with Crippen LogP contribution in [0.1, 0.15) is 187 Å². The van der Waals surface area contributed by atoms with Gasteiger partial charge in [-0.1, -0.05) is 212 Å². The second-order valence-corrected chi connectivity index (χ2v) is 35.3. The molecular weight excluding hydrogens is 1790 g/mol. The predicted molar refractivity (Wildman–Crippen MR) is 539 cm³/mol. The fourth-order valence-corrected chi connectivity index (χ4v) is 16.5. The quantitative estimate of drug-likeness (QED) is 0.0205. The average Bonchev–Trinajstić information content (AvgIpc) is 1.42. The highest BCUT2D eigenvalue weighted by Gasteiger charge is 2.39. The van der Waals surface area contributed by atoms with Gasteiger partial charge in [0.1, 0.15) is 57.9 Å². The number of H-pyrrole nitrogens is 1. The molecule has 7 aromatic carbocycles. The first-order chi connectivity index (χ1) is 67.9. The lowest BCUT2D eigenvalue weighted by Crippen LogP contribution is -2.54. The molecule has 8 aromatic rings. The minimum atomic E-state index is -1.40. The molecule has 0 saturated carbocycles. The van der Waals surface area contributed by atoms with Crippen molar-refractivity contribution in [1.82, 2.24) is 80.2 Å². The first-order valence-corrected chi connectivity index (χ1v) is 48.5. The minimum Gasteiger partial charge on any atom is -0.368 e. The Hall–Kier alpha value is -13.9. The Morgan fingerprint density at radius 2 is 0.589 bits per heavy atom. The third-order valence-electron chi connectivity index (χ3n) is 25.3. The zero-order chi connectivity index (χ0) is 102. The molecule has 0 aliphatic carbocycles. The van der Waals surface area contributed by atoms with Crippen molar-refractivity contribution in [2.75, 3.05) is 137 Å². The molecule has 1 heterocycles. The van der Waals surface area contributed by atoms with Gasteiger partial charge < -0.3 is 110 Å². The number of amides is 14. The summed E-state index contributed by atoms with van der Waals surface area (Å²) in [6.07, 6.45) is 6.63. The molecule has 8 rings (SSSR count). The van der Waals surface area contributed by atoms with E-state index in [1.54, 1.807) is 187 Å². The van der Waals surface area contributed by atoms with Crippen LogP contribution in [-0.2, 0) is 73.5 Å². The molecule has 36 heteroatoms. The van der Waals surface area contributed by atoms with E-state index in [-0.39, 0.29) is 58.1 Å². The van der Waals surface area contributed by atoms with Crippen molar-refractivity contribution in [3.8, 4) is 0 Å². The van der Waals surface area contributed by atoms with Crippen molar-refractivity contribution in [3.05, 3.63) is 269 Å². The fourth-order valence-electron chi connectivity index (χ4n) is 16.5. The highest BCUT2D eigenvalue weighted by molar-refractivity contribution is 5.96. The minimum absolute atomic E-state index is 0.0146. The van der Waals surface area contributed by atoms with Crippen molar-refractivity contribution < 1.29 is 67.1 Å². The molecule has 0 aliphatic rings. The fraction of sp³-hybridized carbons (Fsp3) is 0.438. The molecule has 1 aromatic heterocycles. The maximum Gasteiger partial charge on any atom is 0.243 e. The summed E-state index contributed by atoms with van der Waals surface area (Å²) in [6, 6.07) is 55.0. The summed E-state index contributed by atoms with van der Waals surface area (Å²) in [7, 11) is 0. The number of unbranched alkanes of at least 4 members (excludes halogenated alkanes) is 4. The number of nitrogens with two attached hydrogens (primary N) is 6. The number of aromatic nitrogens is 2.